The summed E-state index contributed by atoms with van der Waals surface area (Å²) in [5.74, 6) is 3.81. The van der Waals surface area contributed by atoms with Crippen LogP contribution in [0.5, 0.6) is 0 Å². The Morgan fingerprint density at radius 1 is 1.02 bits per heavy atom. The molecule has 10 nitrogen and oxygen atoms in total. The normalized spacial score (nSPS) is 13.7. The number of urea groups is 1. The van der Waals surface area contributed by atoms with Crippen LogP contribution in [0.1, 0.15) is 58.3 Å². The highest BCUT2D eigenvalue weighted by Crippen LogP contribution is 2.34. The number of aliphatic imine (C=N–C) groups is 1. The molecule has 43 heavy (non-hydrogen) atoms. The lowest BCUT2D eigenvalue weighted by atomic mass is 9.93. The predicted octanol–water partition coefficient (Wildman–Crippen LogP) is 6.55. The Bertz CT molecular complexity index is 1620. The second-order valence-electron chi connectivity index (χ2n) is 9.60. The van der Waals surface area contributed by atoms with E-state index in [0.717, 1.165) is 43.4 Å². The van der Waals surface area contributed by atoms with Gasteiger partial charge in [-0.1, -0.05) is 40.7 Å². The van der Waals surface area contributed by atoms with Crippen LogP contribution >= 0.6 is 0 Å². The zero-order valence-corrected chi connectivity index (χ0v) is 22.8. The van der Waals surface area contributed by atoms with Crippen molar-refractivity contribution in [3.8, 4) is 6.07 Å². The predicted molar refractivity (Wildman–Crippen MR) is 156 cm³/mol. The van der Waals surface area contributed by atoms with E-state index in [0.29, 0.717) is 11.3 Å². The van der Waals surface area contributed by atoms with Crippen LogP contribution in [0.15, 0.2) is 88.1 Å². The van der Waals surface area contributed by atoms with Crippen molar-refractivity contribution in [2.24, 2.45) is 26.9 Å². The molecule has 220 valence electrons. The molecule has 13 heteroatoms. The highest BCUT2D eigenvalue weighted by molar-refractivity contribution is 6.03. The van der Waals surface area contributed by atoms with Gasteiger partial charge in [0, 0.05) is 16.9 Å². The lowest BCUT2D eigenvalue weighted by Crippen LogP contribution is -2.34. The summed E-state index contributed by atoms with van der Waals surface area (Å²) in [6.07, 6.45) is 1.62. The van der Waals surface area contributed by atoms with E-state index < -0.39 is 35.2 Å². The fourth-order valence-corrected chi connectivity index (χ4v) is 4.57. The third-order valence-electron chi connectivity index (χ3n) is 6.70. The first-order valence-electron chi connectivity index (χ1n) is 13.2. The maximum Gasteiger partial charge on any atom is 0.417 e. The summed E-state index contributed by atoms with van der Waals surface area (Å²) in [6.45, 7) is 0.0115. The van der Waals surface area contributed by atoms with Crippen molar-refractivity contribution in [3.63, 3.8) is 0 Å². The number of halogens is 3. The summed E-state index contributed by atoms with van der Waals surface area (Å²) < 4.78 is 40.6. The van der Waals surface area contributed by atoms with Crippen LogP contribution in [0.3, 0.4) is 0 Å². The molecule has 0 spiro atoms. The Balaban J connectivity index is 1.63. The van der Waals surface area contributed by atoms with Crippen LogP contribution in [-0.4, -0.2) is 17.9 Å². The minimum atomic E-state index is -4.78. The third-order valence-corrected chi connectivity index (χ3v) is 6.70. The molecule has 0 aromatic heterocycles. The van der Waals surface area contributed by atoms with Gasteiger partial charge in [-0.15, -0.1) is 0 Å². The van der Waals surface area contributed by atoms with Gasteiger partial charge < -0.3 is 16.9 Å². The lowest BCUT2D eigenvalue weighted by molar-refractivity contribution is -0.137. The van der Waals surface area contributed by atoms with Crippen LogP contribution in [0.2, 0.25) is 0 Å². The zero-order valence-electron chi connectivity index (χ0n) is 22.8. The highest BCUT2D eigenvalue weighted by atomic mass is 19.4. The Morgan fingerprint density at radius 3 is 2.35 bits per heavy atom. The summed E-state index contributed by atoms with van der Waals surface area (Å²) in [5.41, 5.74) is 7.16. The molecule has 0 saturated carbocycles. The van der Waals surface area contributed by atoms with Crippen molar-refractivity contribution < 1.29 is 22.8 Å². The van der Waals surface area contributed by atoms with Crippen molar-refractivity contribution >= 4 is 34.8 Å². The molecule has 0 saturated heterocycles. The minimum Gasteiger partial charge on any atom is -0.366 e. The van der Waals surface area contributed by atoms with Crippen LogP contribution in [0.25, 0.3) is 5.57 Å². The average Bonchev–Trinajstić information content (AvgIpc) is 3.00. The van der Waals surface area contributed by atoms with Gasteiger partial charge >= 0.3 is 12.2 Å². The molecule has 4 rings (SSSR count). The summed E-state index contributed by atoms with van der Waals surface area (Å²) >= 11 is 0. The number of alkyl halides is 3. The van der Waals surface area contributed by atoms with E-state index >= 15 is 0 Å². The molecule has 0 unspecified atom stereocenters. The second-order valence-corrected chi connectivity index (χ2v) is 9.60. The molecule has 3 aromatic rings. The first-order chi connectivity index (χ1) is 20.6. The fraction of sp³-hybridized carbons (Fsp3) is 0.200. The highest BCUT2D eigenvalue weighted by Gasteiger charge is 2.34. The summed E-state index contributed by atoms with van der Waals surface area (Å²) in [6, 6.07) is 17.3. The molecule has 1 aliphatic carbocycles. The number of amides is 3. The van der Waals surface area contributed by atoms with Gasteiger partial charge in [-0.3, -0.25) is 9.69 Å². The number of rotatable bonds is 6. The number of anilines is 2. The third kappa shape index (κ3) is 7.82. The topological polar surface area (TPSA) is 162 Å². The first kappa shape index (κ1) is 30.4. The molecule has 0 radical (unpaired) electrons. The molecule has 0 atom stereocenters. The maximum atomic E-state index is 13.5. The van der Waals surface area contributed by atoms with Crippen molar-refractivity contribution in [2.75, 3.05) is 10.2 Å². The Labute approximate surface area is 245 Å². The van der Waals surface area contributed by atoms with Crippen LogP contribution < -0.4 is 21.8 Å². The Kier molecular flexibility index (Phi) is 9.51. The van der Waals surface area contributed by atoms with Crippen molar-refractivity contribution in [3.05, 3.63) is 101 Å². The van der Waals surface area contributed by atoms with Gasteiger partial charge in [0.1, 0.15) is 0 Å². The van der Waals surface area contributed by atoms with E-state index in [1.165, 1.54) is 34.7 Å². The minimum absolute atomic E-state index is 0.0115. The van der Waals surface area contributed by atoms with E-state index in [4.69, 9.17) is 16.8 Å². The van der Waals surface area contributed by atoms with Crippen LogP contribution in [0.4, 0.5) is 29.3 Å². The summed E-state index contributed by atoms with van der Waals surface area (Å²) in [4.78, 5) is 30.8. The molecule has 3 aromatic carbocycles. The number of nitrogens with one attached hydrogen (secondary N) is 1. The van der Waals surface area contributed by atoms with Gasteiger partial charge in [0.25, 0.3) is 5.91 Å². The first-order valence-corrected chi connectivity index (χ1v) is 13.2. The van der Waals surface area contributed by atoms with Gasteiger partial charge in [-0.05, 0) is 84.8 Å². The number of allylic oxidation sites excluding steroid dienone is 2. The van der Waals surface area contributed by atoms with Crippen molar-refractivity contribution in [1.29, 1.82) is 5.26 Å². The Morgan fingerprint density at radius 2 is 1.74 bits per heavy atom. The maximum absolute atomic E-state index is 13.5. The monoisotopic (exact) mass is 588 g/mol. The van der Waals surface area contributed by atoms with E-state index in [2.05, 4.69) is 26.7 Å². The van der Waals surface area contributed by atoms with Crippen LogP contribution in [-0.2, 0) is 12.7 Å². The van der Waals surface area contributed by atoms with Gasteiger partial charge in [0.15, 0.2) is 0 Å². The number of nitriles is 1. The largest absolute Gasteiger partial charge is 0.417 e. The number of guanidine groups is 1. The molecule has 1 aliphatic rings. The van der Waals surface area contributed by atoms with Crippen LogP contribution in [0, 0.1) is 11.3 Å². The lowest BCUT2D eigenvalue weighted by Gasteiger charge is -2.24. The molecular weight excluding hydrogens is 561 g/mol. The molecular formula is C30H27F3N8O2. The number of carbonyl (C=O) groups excluding carboxylic acids is 2. The van der Waals surface area contributed by atoms with Gasteiger partial charge in [0.2, 0.25) is 5.96 Å². The molecule has 5 N–H and O–H groups in total. The van der Waals surface area contributed by atoms with E-state index in [1.54, 1.807) is 24.3 Å². The molecule has 0 bridgehead atoms. The number of nitrogens with two attached hydrogens (primary N) is 2. The summed E-state index contributed by atoms with van der Waals surface area (Å²) in [7, 11) is 0. The number of nitrogens with zero attached hydrogens (tertiary/aromatic N) is 5. The second kappa shape index (κ2) is 13.4. The van der Waals surface area contributed by atoms with Crippen molar-refractivity contribution in [2.45, 2.75) is 38.4 Å². The molecule has 0 fully saturated rings. The van der Waals surface area contributed by atoms with Gasteiger partial charge in [-0.2, -0.15) is 23.4 Å². The number of carbonyl (C=O) groups is 2. The van der Waals surface area contributed by atoms with E-state index in [-0.39, 0.29) is 17.8 Å². The standard InChI is InChI=1S/C30H27F3N8O2/c31-30(32,33)26-16-24(13-10-23(26)17-34)37-29(43)41(25-14-11-21(12-15-25)20-4-2-1-3-5-20)18-19-6-8-22(9-7-19)27(42)38-28(35)39-40-36/h4,6-16H,1-3,5,18H2,(H,37,43)(H4,35,36,38,39,42). The van der Waals surface area contributed by atoms with Gasteiger partial charge in [0.05, 0.1) is 23.7 Å². The zero-order chi connectivity index (χ0) is 31.0. The molecule has 0 heterocycles. The SMILES string of the molecule is N#Cc1ccc(NC(=O)N(Cc2ccc(C(=O)N=C(N)/N=N\N)cc2)c2ccc(C3=CCCCC3)cc2)cc1C(F)(F)F. The van der Waals surface area contributed by atoms with E-state index in [9.17, 15) is 22.8 Å². The van der Waals surface area contributed by atoms with Crippen molar-refractivity contribution in [1.82, 2.24) is 0 Å². The summed E-state index contributed by atoms with van der Waals surface area (Å²) in [5, 5.41) is 17.8. The number of benzene rings is 3. The van der Waals surface area contributed by atoms with E-state index in [1.807, 2.05) is 12.1 Å². The Hall–Kier alpha value is -5.51. The smallest absolute Gasteiger partial charge is 0.366 e. The quantitative estimate of drug-likeness (QED) is 0.0976. The molecule has 3 amide bonds. The number of hydrogen-bond donors (Lipinski definition) is 3. The van der Waals surface area contributed by atoms with Gasteiger partial charge in [-0.25, -0.2) is 4.79 Å². The molecule has 0 aliphatic heterocycles. The average molecular weight is 589 g/mol. The number of hydrogen-bond acceptors (Lipinski definition) is 4. The fourth-order valence-electron chi connectivity index (χ4n) is 4.57.